The van der Waals surface area contributed by atoms with Gasteiger partial charge in [-0.2, -0.15) is 0 Å². The summed E-state index contributed by atoms with van der Waals surface area (Å²) in [6.45, 7) is 2.40. The molecule has 116 valence electrons. The molecule has 5 nitrogen and oxygen atoms in total. The van der Waals surface area contributed by atoms with Crippen LogP contribution in [0.5, 0.6) is 0 Å². The minimum atomic E-state index is -0.432. The summed E-state index contributed by atoms with van der Waals surface area (Å²) in [6.07, 6.45) is 2.04. The van der Waals surface area contributed by atoms with E-state index in [1.54, 1.807) is 12.1 Å². The Hall–Kier alpha value is -1.46. The standard InChI is InChI=1S/C15H21ClN2O3/c1-18(9-10-3-5-21-6-4-10)14-12(15(19)20-2)7-11(17)8-13(14)16/h7-8,10H,3-6,9,17H2,1-2H3. The number of anilines is 2. The zero-order valence-corrected chi connectivity index (χ0v) is 13.2. The fraction of sp³-hybridized carbons (Fsp3) is 0.533. The van der Waals surface area contributed by atoms with Crippen LogP contribution in [-0.4, -0.2) is 39.9 Å². The van der Waals surface area contributed by atoms with Gasteiger partial charge < -0.3 is 20.1 Å². The summed E-state index contributed by atoms with van der Waals surface area (Å²) < 4.78 is 10.2. The van der Waals surface area contributed by atoms with Crippen molar-refractivity contribution in [2.24, 2.45) is 5.92 Å². The highest BCUT2D eigenvalue weighted by Crippen LogP contribution is 2.33. The number of nitrogens with two attached hydrogens (primary N) is 1. The molecule has 21 heavy (non-hydrogen) atoms. The molecule has 1 aromatic carbocycles. The monoisotopic (exact) mass is 312 g/mol. The number of carbonyl (C=O) groups excluding carboxylic acids is 1. The van der Waals surface area contributed by atoms with E-state index < -0.39 is 5.97 Å². The Morgan fingerprint density at radius 1 is 1.48 bits per heavy atom. The lowest BCUT2D eigenvalue weighted by atomic mass is 9.99. The number of esters is 1. The molecule has 0 bridgehead atoms. The first kappa shape index (κ1) is 15.9. The van der Waals surface area contributed by atoms with E-state index in [-0.39, 0.29) is 0 Å². The smallest absolute Gasteiger partial charge is 0.340 e. The normalized spacial score (nSPS) is 15.8. The second-order valence-corrected chi connectivity index (χ2v) is 5.73. The fourth-order valence-electron chi connectivity index (χ4n) is 2.68. The van der Waals surface area contributed by atoms with Crippen LogP contribution in [0.2, 0.25) is 5.02 Å². The van der Waals surface area contributed by atoms with Crippen LogP contribution in [0.1, 0.15) is 23.2 Å². The molecule has 1 aliphatic rings. The topological polar surface area (TPSA) is 64.8 Å². The number of rotatable bonds is 4. The van der Waals surface area contributed by atoms with Gasteiger partial charge in [-0.05, 0) is 30.9 Å². The van der Waals surface area contributed by atoms with Gasteiger partial charge in [-0.3, -0.25) is 0 Å². The first-order chi connectivity index (χ1) is 10.0. The van der Waals surface area contributed by atoms with Crippen molar-refractivity contribution in [2.75, 3.05) is 44.5 Å². The van der Waals surface area contributed by atoms with Crippen molar-refractivity contribution in [3.63, 3.8) is 0 Å². The molecular weight excluding hydrogens is 292 g/mol. The molecule has 0 atom stereocenters. The molecule has 0 unspecified atom stereocenters. The van der Waals surface area contributed by atoms with Crippen LogP contribution in [0.25, 0.3) is 0 Å². The second-order valence-electron chi connectivity index (χ2n) is 5.33. The summed E-state index contributed by atoms with van der Waals surface area (Å²) in [7, 11) is 3.28. The highest BCUT2D eigenvalue weighted by Gasteiger charge is 2.22. The third kappa shape index (κ3) is 3.80. The van der Waals surface area contributed by atoms with Crippen molar-refractivity contribution in [1.29, 1.82) is 0 Å². The van der Waals surface area contributed by atoms with Crippen LogP contribution in [-0.2, 0) is 9.47 Å². The van der Waals surface area contributed by atoms with Gasteiger partial charge in [-0.15, -0.1) is 0 Å². The van der Waals surface area contributed by atoms with E-state index in [0.29, 0.717) is 27.9 Å². The number of methoxy groups -OCH3 is 1. The van der Waals surface area contributed by atoms with Gasteiger partial charge in [0.2, 0.25) is 0 Å². The molecule has 0 spiro atoms. The van der Waals surface area contributed by atoms with Crippen LogP contribution < -0.4 is 10.6 Å². The van der Waals surface area contributed by atoms with Gasteiger partial charge in [0.15, 0.2) is 0 Å². The molecule has 0 saturated carbocycles. The third-order valence-corrected chi connectivity index (χ3v) is 4.03. The number of nitrogen functional groups attached to an aromatic ring is 1. The van der Waals surface area contributed by atoms with Crippen molar-refractivity contribution >= 4 is 28.9 Å². The third-order valence-electron chi connectivity index (χ3n) is 3.75. The van der Waals surface area contributed by atoms with Gasteiger partial charge in [0.1, 0.15) is 0 Å². The summed E-state index contributed by atoms with van der Waals surface area (Å²) in [4.78, 5) is 14.0. The number of carbonyl (C=O) groups is 1. The predicted octanol–water partition coefficient (Wildman–Crippen LogP) is 2.57. The molecule has 1 aliphatic heterocycles. The van der Waals surface area contributed by atoms with Gasteiger partial charge in [0.05, 0.1) is 23.4 Å². The minimum absolute atomic E-state index is 0.400. The maximum absolute atomic E-state index is 12.0. The number of ether oxygens (including phenoxy) is 2. The van der Waals surface area contributed by atoms with E-state index in [1.807, 2.05) is 11.9 Å². The van der Waals surface area contributed by atoms with E-state index in [1.165, 1.54) is 7.11 Å². The van der Waals surface area contributed by atoms with Gasteiger partial charge in [-0.1, -0.05) is 11.6 Å². The first-order valence-electron chi connectivity index (χ1n) is 6.99. The average molecular weight is 313 g/mol. The van der Waals surface area contributed by atoms with E-state index in [2.05, 4.69) is 0 Å². The molecule has 0 aromatic heterocycles. The maximum Gasteiger partial charge on any atom is 0.340 e. The fourth-order valence-corrected chi connectivity index (χ4v) is 3.05. The number of hydrogen-bond acceptors (Lipinski definition) is 5. The minimum Gasteiger partial charge on any atom is -0.465 e. The molecule has 0 amide bonds. The van der Waals surface area contributed by atoms with Crippen LogP contribution >= 0.6 is 11.6 Å². The maximum atomic E-state index is 12.0. The van der Waals surface area contributed by atoms with Crippen molar-refractivity contribution in [2.45, 2.75) is 12.8 Å². The first-order valence-corrected chi connectivity index (χ1v) is 7.37. The zero-order chi connectivity index (χ0) is 15.4. The predicted molar refractivity (Wildman–Crippen MR) is 84.0 cm³/mol. The molecule has 2 rings (SSSR count). The van der Waals surface area contributed by atoms with Gasteiger partial charge in [0, 0.05) is 32.5 Å². The average Bonchev–Trinajstić information content (AvgIpc) is 2.46. The van der Waals surface area contributed by atoms with Crippen molar-refractivity contribution in [1.82, 2.24) is 0 Å². The Morgan fingerprint density at radius 3 is 2.76 bits per heavy atom. The van der Waals surface area contributed by atoms with Crippen LogP contribution in [0.4, 0.5) is 11.4 Å². The Kier molecular flexibility index (Phi) is 5.31. The summed E-state index contributed by atoms with van der Waals surface area (Å²) in [6, 6.07) is 3.26. The van der Waals surface area contributed by atoms with E-state index in [0.717, 1.165) is 32.6 Å². The number of hydrogen-bond donors (Lipinski definition) is 1. The molecule has 2 N–H and O–H groups in total. The van der Waals surface area contributed by atoms with Gasteiger partial charge >= 0.3 is 5.97 Å². The Bertz CT molecular complexity index is 516. The highest BCUT2D eigenvalue weighted by molar-refractivity contribution is 6.34. The molecule has 0 aliphatic carbocycles. The number of benzene rings is 1. The number of halogens is 1. The summed E-state index contributed by atoms with van der Waals surface area (Å²) >= 11 is 6.29. The van der Waals surface area contributed by atoms with Crippen LogP contribution in [0.3, 0.4) is 0 Å². The molecule has 0 radical (unpaired) electrons. The van der Waals surface area contributed by atoms with E-state index in [9.17, 15) is 4.79 Å². The lowest BCUT2D eigenvalue weighted by molar-refractivity contribution is 0.0600. The summed E-state index contributed by atoms with van der Waals surface area (Å²) in [5, 5.41) is 0.463. The Labute approximate surface area is 130 Å². The van der Waals surface area contributed by atoms with Crippen molar-refractivity contribution in [3.8, 4) is 0 Å². The molecule has 1 aromatic rings. The van der Waals surface area contributed by atoms with Gasteiger partial charge in [0.25, 0.3) is 0 Å². The SMILES string of the molecule is COC(=O)c1cc(N)cc(Cl)c1N(C)CC1CCOCC1. The Balaban J connectivity index is 2.25. The largest absolute Gasteiger partial charge is 0.465 e. The van der Waals surface area contributed by atoms with E-state index in [4.69, 9.17) is 26.8 Å². The lowest BCUT2D eigenvalue weighted by Crippen LogP contribution is -2.30. The lowest BCUT2D eigenvalue weighted by Gasteiger charge is -2.30. The second kappa shape index (κ2) is 7.00. The summed E-state index contributed by atoms with van der Waals surface area (Å²) in [5.74, 6) is 0.0981. The van der Waals surface area contributed by atoms with E-state index >= 15 is 0 Å². The highest BCUT2D eigenvalue weighted by atomic mass is 35.5. The zero-order valence-electron chi connectivity index (χ0n) is 12.4. The quantitative estimate of drug-likeness (QED) is 0.684. The Morgan fingerprint density at radius 2 is 2.14 bits per heavy atom. The molecule has 1 fully saturated rings. The van der Waals surface area contributed by atoms with Crippen LogP contribution in [0.15, 0.2) is 12.1 Å². The molecule has 1 heterocycles. The molecule has 1 saturated heterocycles. The van der Waals surface area contributed by atoms with Crippen molar-refractivity contribution in [3.05, 3.63) is 22.7 Å². The van der Waals surface area contributed by atoms with Gasteiger partial charge in [-0.25, -0.2) is 4.79 Å². The number of nitrogens with zero attached hydrogens (tertiary/aromatic N) is 1. The molecular formula is C15H21ClN2O3. The molecule has 6 heteroatoms. The van der Waals surface area contributed by atoms with Crippen LogP contribution in [0, 0.1) is 5.92 Å². The van der Waals surface area contributed by atoms with Crippen molar-refractivity contribution < 1.29 is 14.3 Å². The summed E-state index contributed by atoms with van der Waals surface area (Å²) in [5.41, 5.74) is 7.30.